The number of nitrogens with one attached hydrogen (secondary N) is 2. The number of aromatic nitrogens is 1. The van der Waals surface area contributed by atoms with Crippen molar-refractivity contribution >= 4 is 11.7 Å². The molecule has 1 amide bonds. The Bertz CT molecular complexity index is 338. The van der Waals surface area contributed by atoms with Crippen molar-refractivity contribution in [3.8, 4) is 0 Å². The molecule has 0 aromatic carbocycles. The maximum Gasteiger partial charge on any atom is 0.242 e. The molecular formula is C11H17N3O. The van der Waals surface area contributed by atoms with Gasteiger partial charge in [-0.2, -0.15) is 0 Å². The summed E-state index contributed by atoms with van der Waals surface area (Å²) in [6.07, 6.45) is 0. The smallest absolute Gasteiger partial charge is 0.242 e. The summed E-state index contributed by atoms with van der Waals surface area (Å²) in [5.74, 6) is 0.717. The summed E-state index contributed by atoms with van der Waals surface area (Å²) in [5.41, 5.74) is 0.933. The lowest BCUT2D eigenvalue weighted by molar-refractivity contribution is -0.121. The second-order valence-corrected chi connectivity index (χ2v) is 3.42. The summed E-state index contributed by atoms with van der Waals surface area (Å²) in [5, 5.41) is 5.80. The average molecular weight is 207 g/mol. The highest BCUT2D eigenvalue weighted by atomic mass is 16.2. The summed E-state index contributed by atoms with van der Waals surface area (Å²) in [6, 6.07) is 5.42. The SMILES string of the molecule is CCNC(=O)C(C)Nc1cccc(C)n1. The van der Waals surface area contributed by atoms with Gasteiger partial charge in [-0.15, -0.1) is 0 Å². The molecule has 0 bridgehead atoms. The van der Waals surface area contributed by atoms with Crippen LogP contribution in [0.1, 0.15) is 19.5 Å². The number of anilines is 1. The Labute approximate surface area is 90.1 Å². The van der Waals surface area contributed by atoms with E-state index >= 15 is 0 Å². The highest BCUT2D eigenvalue weighted by molar-refractivity contribution is 5.83. The highest BCUT2D eigenvalue weighted by Gasteiger charge is 2.11. The Kier molecular flexibility index (Phi) is 4.09. The fourth-order valence-corrected chi connectivity index (χ4v) is 1.24. The topological polar surface area (TPSA) is 54.0 Å². The molecule has 0 saturated heterocycles. The number of carbonyl (C=O) groups excluding carboxylic acids is 1. The Morgan fingerprint density at radius 1 is 1.53 bits per heavy atom. The second kappa shape index (κ2) is 5.34. The number of pyridine rings is 1. The molecular weight excluding hydrogens is 190 g/mol. The lowest BCUT2D eigenvalue weighted by atomic mass is 10.3. The van der Waals surface area contributed by atoms with Gasteiger partial charge in [-0.05, 0) is 32.9 Å². The molecule has 0 radical (unpaired) electrons. The summed E-state index contributed by atoms with van der Waals surface area (Å²) < 4.78 is 0. The number of hydrogen-bond acceptors (Lipinski definition) is 3. The van der Waals surface area contributed by atoms with Crippen molar-refractivity contribution in [2.45, 2.75) is 26.8 Å². The summed E-state index contributed by atoms with van der Waals surface area (Å²) in [7, 11) is 0. The molecule has 4 nitrogen and oxygen atoms in total. The standard InChI is InChI=1S/C11H17N3O/c1-4-12-11(15)9(3)14-10-7-5-6-8(2)13-10/h5-7,9H,4H2,1-3H3,(H,12,15)(H,13,14). The van der Waals surface area contributed by atoms with Crippen LogP contribution in [0, 0.1) is 6.92 Å². The first kappa shape index (κ1) is 11.5. The minimum Gasteiger partial charge on any atom is -0.359 e. The number of hydrogen-bond donors (Lipinski definition) is 2. The van der Waals surface area contributed by atoms with Crippen molar-refractivity contribution in [1.29, 1.82) is 0 Å². The highest BCUT2D eigenvalue weighted by Crippen LogP contribution is 2.05. The van der Waals surface area contributed by atoms with Gasteiger partial charge < -0.3 is 10.6 Å². The first-order valence-electron chi connectivity index (χ1n) is 5.11. The number of amides is 1. The van der Waals surface area contributed by atoms with E-state index in [1.165, 1.54) is 0 Å². The molecule has 0 fully saturated rings. The van der Waals surface area contributed by atoms with Crippen LogP contribution in [0.3, 0.4) is 0 Å². The number of aryl methyl sites for hydroxylation is 1. The van der Waals surface area contributed by atoms with Crippen molar-refractivity contribution < 1.29 is 4.79 Å². The van der Waals surface area contributed by atoms with E-state index < -0.39 is 0 Å². The maximum atomic E-state index is 11.4. The van der Waals surface area contributed by atoms with Gasteiger partial charge in [-0.1, -0.05) is 6.07 Å². The molecule has 1 unspecified atom stereocenters. The fourth-order valence-electron chi connectivity index (χ4n) is 1.24. The molecule has 0 aliphatic rings. The fraction of sp³-hybridized carbons (Fsp3) is 0.455. The van der Waals surface area contributed by atoms with Crippen LogP contribution < -0.4 is 10.6 Å². The monoisotopic (exact) mass is 207 g/mol. The van der Waals surface area contributed by atoms with Gasteiger partial charge in [0.25, 0.3) is 0 Å². The van der Waals surface area contributed by atoms with Crippen LogP contribution in [0.4, 0.5) is 5.82 Å². The molecule has 82 valence electrons. The van der Waals surface area contributed by atoms with E-state index in [1.807, 2.05) is 39.0 Å². The van der Waals surface area contributed by atoms with E-state index in [1.54, 1.807) is 0 Å². The van der Waals surface area contributed by atoms with Gasteiger partial charge in [0, 0.05) is 12.2 Å². The lowest BCUT2D eigenvalue weighted by Crippen LogP contribution is -2.37. The van der Waals surface area contributed by atoms with Crippen molar-refractivity contribution in [1.82, 2.24) is 10.3 Å². The van der Waals surface area contributed by atoms with Crippen LogP contribution in [-0.4, -0.2) is 23.5 Å². The zero-order valence-electron chi connectivity index (χ0n) is 9.37. The van der Waals surface area contributed by atoms with E-state index in [4.69, 9.17) is 0 Å². The number of likely N-dealkylation sites (N-methyl/N-ethyl adjacent to an activating group) is 1. The Morgan fingerprint density at radius 3 is 2.87 bits per heavy atom. The van der Waals surface area contributed by atoms with Gasteiger partial charge >= 0.3 is 0 Å². The molecule has 15 heavy (non-hydrogen) atoms. The quantitative estimate of drug-likeness (QED) is 0.783. The maximum absolute atomic E-state index is 11.4. The lowest BCUT2D eigenvalue weighted by Gasteiger charge is -2.13. The van der Waals surface area contributed by atoms with Crippen LogP contribution in [0.5, 0.6) is 0 Å². The number of rotatable bonds is 4. The molecule has 0 saturated carbocycles. The van der Waals surface area contributed by atoms with Crippen LogP contribution in [-0.2, 0) is 4.79 Å². The van der Waals surface area contributed by atoms with E-state index in [2.05, 4.69) is 15.6 Å². The summed E-state index contributed by atoms with van der Waals surface area (Å²) in [6.45, 7) is 6.28. The molecule has 0 aliphatic carbocycles. The average Bonchev–Trinajstić information content (AvgIpc) is 2.18. The summed E-state index contributed by atoms with van der Waals surface area (Å²) >= 11 is 0. The molecule has 0 spiro atoms. The van der Waals surface area contributed by atoms with Gasteiger partial charge in [0.1, 0.15) is 11.9 Å². The second-order valence-electron chi connectivity index (χ2n) is 3.42. The van der Waals surface area contributed by atoms with Gasteiger partial charge in [0.15, 0.2) is 0 Å². The van der Waals surface area contributed by atoms with Crippen molar-refractivity contribution in [3.05, 3.63) is 23.9 Å². The molecule has 2 N–H and O–H groups in total. The molecule has 1 atom stereocenters. The van der Waals surface area contributed by atoms with Crippen LogP contribution in [0.15, 0.2) is 18.2 Å². The third-order valence-corrected chi connectivity index (χ3v) is 2.00. The number of nitrogens with zero attached hydrogens (tertiary/aromatic N) is 1. The normalized spacial score (nSPS) is 11.9. The van der Waals surface area contributed by atoms with Crippen molar-refractivity contribution in [2.75, 3.05) is 11.9 Å². The third kappa shape index (κ3) is 3.58. The molecule has 1 aromatic heterocycles. The molecule has 1 rings (SSSR count). The minimum absolute atomic E-state index is 0.0131. The predicted molar refractivity (Wildman–Crippen MR) is 60.7 cm³/mol. The van der Waals surface area contributed by atoms with Gasteiger partial charge in [0.2, 0.25) is 5.91 Å². The van der Waals surface area contributed by atoms with E-state index in [-0.39, 0.29) is 11.9 Å². The van der Waals surface area contributed by atoms with Crippen LogP contribution in [0.25, 0.3) is 0 Å². The largest absolute Gasteiger partial charge is 0.359 e. The first-order valence-corrected chi connectivity index (χ1v) is 5.11. The summed E-state index contributed by atoms with van der Waals surface area (Å²) in [4.78, 5) is 15.7. The first-order chi connectivity index (χ1) is 7.13. The Hall–Kier alpha value is -1.58. The molecule has 0 aliphatic heterocycles. The van der Waals surface area contributed by atoms with Gasteiger partial charge in [0.05, 0.1) is 0 Å². The zero-order chi connectivity index (χ0) is 11.3. The van der Waals surface area contributed by atoms with Crippen molar-refractivity contribution in [2.24, 2.45) is 0 Å². The predicted octanol–water partition coefficient (Wildman–Crippen LogP) is 1.33. The van der Waals surface area contributed by atoms with Gasteiger partial charge in [-0.25, -0.2) is 4.98 Å². The van der Waals surface area contributed by atoms with Crippen molar-refractivity contribution in [3.63, 3.8) is 0 Å². The van der Waals surface area contributed by atoms with Crippen LogP contribution in [0.2, 0.25) is 0 Å². The molecule has 1 heterocycles. The van der Waals surface area contributed by atoms with E-state index in [9.17, 15) is 4.79 Å². The minimum atomic E-state index is -0.265. The van der Waals surface area contributed by atoms with E-state index in [0.29, 0.717) is 6.54 Å². The van der Waals surface area contributed by atoms with Crippen LogP contribution >= 0.6 is 0 Å². The third-order valence-electron chi connectivity index (χ3n) is 2.00. The van der Waals surface area contributed by atoms with E-state index in [0.717, 1.165) is 11.5 Å². The Balaban J connectivity index is 2.58. The Morgan fingerprint density at radius 2 is 2.27 bits per heavy atom. The molecule has 4 heteroatoms. The zero-order valence-corrected chi connectivity index (χ0v) is 9.37. The number of carbonyl (C=O) groups is 1. The molecule has 1 aromatic rings. The van der Waals surface area contributed by atoms with Gasteiger partial charge in [-0.3, -0.25) is 4.79 Å².